The number of carbonyl (C=O) groups excluding carboxylic acids is 1. The number of hydrogen-bond donors (Lipinski definition) is 0. The molecule has 1 rings (SSSR count). The lowest BCUT2D eigenvalue weighted by atomic mass is 10.2. The number of carbonyl (C=O) groups is 1. The van der Waals surface area contributed by atoms with E-state index in [1.807, 2.05) is 0 Å². The average Bonchev–Trinajstić information content (AvgIpc) is 2.27. The molecule has 0 unspecified atom stereocenters. The first-order chi connectivity index (χ1) is 8.31. The van der Waals surface area contributed by atoms with Crippen LogP contribution in [0, 0.1) is 0 Å². The number of alkyl halides is 2. The molecule has 98 valence electrons. The Morgan fingerprint density at radius 3 is 2.39 bits per heavy atom. The average molecular weight is 275 g/mol. The minimum Gasteiger partial charge on any atom is -0.458 e. The van der Waals surface area contributed by atoms with Crippen LogP contribution in [0.4, 0.5) is 8.78 Å². The summed E-state index contributed by atoms with van der Waals surface area (Å²) in [7, 11) is 0. The summed E-state index contributed by atoms with van der Waals surface area (Å²) in [5, 5.41) is 0.512. The largest absolute Gasteiger partial charge is 0.458 e. The van der Waals surface area contributed by atoms with E-state index in [1.165, 1.54) is 13.8 Å². The van der Waals surface area contributed by atoms with E-state index in [2.05, 4.69) is 4.74 Å². The molecule has 0 N–H and O–H groups in total. The molecular weight excluding hydrogens is 262 g/mol. The van der Waals surface area contributed by atoms with Gasteiger partial charge in [-0.1, -0.05) is 29.8 Å². The molecule has 0 spiro atoms. The van der Waals surface area contributed by atoms with E-state index < -0.39 is 18.0 Å². The van der Waals surface area contributed by atoms with Gasteiger partial charge in [0, 0.05) is 5.02 Å². The number of benzene rings is 1. The summed E-state index contributed by atoms with van der Waals surface area (Å²) < 4.78 is 31.2. The lowest BCUT2D eigenvalue weighted by Gasteiger charge is -2.13. The van der Waals surface area contributed by atoms with Gasteiger partial charge in [-0.3, -0.25) is 0 Å². The topological polar surface area (TPSA) is 26.3 Å². The molecule has 0 radical (unpaired) electrons. The molecule has 0 aromatic heterocycles. The second-order valence-corrected chi connectivity index (χ2v) is 4.40. The molecule has 0 bridgehead atoms. The number of rotatable bonds is 4. The Balaban J connectivity index is 2.75. The van der Waals surface area contributed by atoms with Crippen molar-refractivity contribution in [1.29, 1.82) is 0 Å². The second kappa shape index (κ2) is 5.96. The zero-order chi connectivity index (χ0) is 13.8. The molecule has 0 aliphatic carbocycles. The van der Waals surface area contributed by atoms with Crippen LogP contribution in [0.15, 0.2) is 30.3 Å². The molecule has 2 nitrogen and oxygen atoms in total. The number of ether oxygens (including phenoxy) is 1. The smallest absolute Gasteiger partial charge is 0.381 e. The SMILES string of the molecule is CC(C)OC(=O)C(F)(F)/C=C/c1ccc(Cl)cc1. The van der Waals surface area contributed by atoms with E-state index in [0.29, 0.717) is 16.7 Å². The van der Waals surface area contributed by atoms with Crippen LogP contribution in [0.1, 0.15) is 19.4 Å². The van der Waals surface area contributed by atoms with Crippen molar-refractivity contribution in [2.75, 3.05) is 0 Å². The normalized spacial score (nSPS) is 12.1. The van der Waals surface area contributed by atoms with Gasteiger partial charge in [-0.25, -0.2) is 4.79 Å². The van der Waals surface area contributed by atoms with Gasteiger partial charge in [-0.2, -0.15) is 8.78 Å². The van der Waals surface area contributed by atoms with Crippen molar-refractivity contribution in [3.8, 4) is 0 Å². The molecular formula is C13H13ClF2O2. The quantitative estimate of drug-likeness (QED) is 0.778. The second-order valence-electron chi connectivity index (χ2n) is 3.96. The Hall–Kier alpha value is -1.42. The Labute approximate surface area is 109 Å². The third-order valence-electron chi connectivity index (χ3n) is 1.97. The maximum absolute atomic E-state index is 13.4. The highest BCUT2D eigenvalue weighted by molar-refractivity contribution is 6.30. The van der Waals surface area contributed by atoms with Gasteiger partial charge < -0.3 is 4.74 Å². The van der Waals surface area contributed by atoms with Gasteiger partial charge in [-0.05, 0) is 37.6 Å². The highest BCUT2D eigenvalue weighted by atomic mass is 35.5. The number of esters is 1. The van der Waals surface area contributed by atoms with Crippen LogP contribution in [0.5, 0.6) is 0 Å². The first-order valence-electron chi connectivity index (χ1n) is 5.35. The van der Waals surface area contributed by atoms with Gasteiger partial charge in [-0.15, -0.1) is 0 Å². The molecule has 0 aliphatic heterocycles. The summed E-state index contributed by atoms with van der Waals surface area (Å²) in [5.74, 6) is -5.19. The fourth-order valence-corrected chi connectivity index (χ4v) is 1.26. The predicted molar refractivity (Wildman–Crippen MR) is 66.7 cm³/mol. The van der Waals surface area contributed by atoms with E-state index in [4.69, 9.17) is 11.6 Å². The highest BCUT2D eigenvalue weighted by Gasteiger charge is 2.38. The van der Waals surface area contributed by atoms with Gasteiger partial charge in [0.1, 0.15) is 0 Å². The standard InChI is InChI=1S/C13H13ClF2O2/c1-9(2)18-12(17)13(15,16)8-7-10-3-5-11(14)6-4-10/h3-9H,1-2H3/b8-7+. The molecule has 1 aromatic carbocycles. The van der Waals surface area contributed by atoms with Crippen molar-refractivity contribution in [1.82, 2.24) is 0 Å². The molecule has 5 heteroatoms. The monoisotopic (exact) mass is 274 g/mol. The summed E-state index contributed by atoms with van der Waals surface area (Å²) in [6, 6.07) is 6.29. The van der Waals surface area contributed by atoms with E-state index >= 15 is 0 Å². The summed E-state index contributed by atoms with van der Waals surface area (Å²) in [6.07, 6.45) is 1.09. The van der Waals surface area contributed by atoms with Crippen molar-refractivity contribution in [3.63, 3.8) is 0 Å². The lowest BCUT2D eigenvalue weighted by molar-refractivity contribution is -0.169. The highest BCUT2D eigenvalue weighted by Crippen LogP contribution is 2.20. The number of halogens is 3. The Bertz CT molecular complexity index is 439. The first-order valence-corrected chi connectivity index (χ1v) is 5.73. The van der Waals surface area contributed by atoms with Crippen molar-refractivity contribution in [2.45, 2.75) is 25.9 Å². The summed E-state index contributed by atoms with van der Waals surface area (Å²) >= 11 is 5.66. The minimum atomic E-state index is -3.64. The Morgan fingerprint density at radius 2 is 1.89 bits per heavy atom. The third-order valence-corrected chi connectivity index (χ3v) is 2.22. The van der Waals surface area contributed by atoms with Crippen molar-refractivity contribution < 1.29 is 18.3 Å². The number of hydrogen-bond acceptors (Lipinski definition) is 2. The summed E-state index contributed by atoms with van der Waals surface area (Å²) in [4.78, 5) is 11.1. The summed E-state index contributed by atoms with van der Waals surface area (Å²) in [6.45, 7) is 3.02. The van der Waals surface area contributed by atoms with E-state index in [9.17, 15) is 13.6 Å². The molecule has 0 atom stereocenters. The van der Waals surface area contributed by atoms with Crippen LogP contribution < -0.4 is 0 Å². The molecule has 0 fully saturated rings. The molecule has 0 saturated carbocycles. The fraction of sp³-hybridized carbons (Fsp3) is 0.308. The molecule has 0 amide bonds. The van der Waals surface area contributed by atoms with E-state index in [-0.39, 0.29) is 0 Å². The van der Waals surface area contributed by atoms with Crippen LogP contribution in [-0.2, 0) is 9.53 Å². The molecule has 0 saturated heterocycles. The minimum absolute atomic E-state index is 0.512. The maximum atomic E-state index is 13.4. The van der Waals surface area contributed by atoms with Gasteiger partial charge in [0.25, 0.3) is 0 Å². The van der Waals surface area contributed by atoms with Gasteiger partial charge in [0.15, 0.2) is 0 Å². The zero-order valence-electron chi connectivity index (χ0n) is 9.99. The van der Waals surface area contributed by atoms with Crippen LogP contribution in [0.2, 0.25) is 5.02 Å². The third kappa shape index (κ3) is 4.45. The lowest BCUT2D eigenvalue weighted by Crippen LogP contribution is -2.30. The predicted octanol–water partition coefficient (Wildman–Crippen LogP) is 3.94. The van der Waals surface area contributed by atoms with Crippen molar-refractivity contribution in [3.05, 3.63) is 40.9 Å². The van der Waals surface area contributed by atoms with Gasteiger partial charge in [0.05, 0.1) is 6.10 Å². The van der Waals surface area contributed by atoms with E-state index in [1.54, 1.807) is 24.3 Å². The fourth-order valence-electron chi connectivity index (χ4n) is 1.14. The van der Waals surface area contributed by atoms with Crippen LogP contribution in [0.25, 0.3) is 6.08 Å². The zero-order valence-corrected chi connectivity index (χ0v) is 10.7. The van der Waals surface area contributed by atoms with Crippen LogP contribution in [0.3, 0.4) is 0 Å². The van der Waals surface area contributed by atoms with Crippen molar-refractivity contribution >= 4 is 23.6 Å². The Morgan fingerprint density at radius 1 is 1.33 bits per heavy atom. The maximum Gasteiger partial charge on any atom is 0.381 e. The van der Waals surface area contributed by atoms with Crippen molar-refractivity contribution in [2.24, 2.45) is 0 Å². The van der Waals surface area contributed by atoms with Gasteiger partial charge >= 0.3 is 11.9 Å². The van der Waals surface area contributed by atoms with Crippen LogP contribution >= 0.6 is 11.6 Å². The van der Waals surface area contributed by atoms with E-state index in [0.717, 1.165) is 6.08 Å². The molecule has 18 heavy (non-hydrogen) atoms. The summed E-state index contributed by atoms with van der Waals surface area (Å²) in [5.41, 5.74) is 0.524. The molecule has 1 aromatic rings. The van der Waals surface area contributed by atoms with Crippen LogP contribution in [-0.4, -0.2) is 18.0 Å². The van der Waals surface area contributed by atoms with Gasteiger partial charge in [0.2, 0.25) is 0 Å². The first kappa shape index (κ1) is 14.6. The Kier molecular flexibility index (Phi) is 4.84. The molecule has 0 heterocycles. The molecule has 0 aliphatic rings.